The second-order valence-corrected chi connectivity index (χ2v) is 4.65. The molecular formula is C7H16N2O3S. The van der Waals surface area contributed by atoms with E-state index in [0.29, 0.717) is 19.7 Å². The molecule has 1 fully saturated rings. The number of rotatable bonds is 3. The maximum Gasteiger partial charge on any atom is 0.276 e. The molecule has 1 aliphatic heterocycles. The van der Waals surface area contributed by atoms with Crippen LogP contribution in [0.5, 0.6) is 0 Å². The minimum Gasteiger partial charge on any atom is -0.378 e. The summed E-state index contributed by atoms with van der Waals surface area (Å²) in [6.45, 7) is 3.57. The summed E-state index contributed by atoms with van der Waals surface area (Å²) >= 11 is 0. The lowest BCUT2D eigenvalue weighted by atomic mass is 10.1. The van der Waals surface area contributed by atoms with Crippen LogP contribution < -0.4 is 5.14 Å². The van der Waals surface area contributed by atoms with Gasteiger partial charge in [0.05, 0.1) is 6.10 Å². The monoisotopic (exact) mass is 208 g/mol. The summed E-state index contributed by atoms with van der Waals surface area (Å²) in [5.74, 6) is 0. The van der Waals surface area contributed by atoms with Crippen LogP contribution in [0.1, 0.15) is 19.8 Å². The number of ether oxygens (including phenoxy) is 1. The highest BCUT2D eigenvalue weighted by Crippen LogP contribution is 2.14. The summed E-state index contributed by atoms with van der Waals surface area (Å²) in [5, 5.41) is 4.99. The van der Waals surface area contributed by atoms with E-state index in [2.05, 4.69) is 0 Å². The van der Waals surface area contributed by atoms with Crippen LogP contribution in [0.4, 0.5) is 0 Å². The van der Waals surface area contributed by atoms with Gasteiger partial charge in [0.15, 0.2) is 0 Å². The molecule has 0 radical (unpaired) electrons. The first-order valence-corrected chi connectivity index (χ1v) is 5.94. The summed E-state index contributed by atoms with van der Waals surface area (Å²) in [6.07, 6.45) is 1.68. The average molecular weight is 208 g/mol. The Morgan fingerprint density at radius 3 is 2.38 bits per heavy atom. The van der Waals surface area contributed by atoms with Gasteiger partial charge in [-0.25, -0.2) is 5.14 Å². The molecular weight excluding hydrogens is 192 g/mol. The molecule has 5 nitrogen and oxygen atoms in total. The van der Waals surface area contributed by atoms with Crippen molar-refractivity contribution in [1.29, 1.82) is 0 Å². The smallest absolute Gasteiger partial charge is 0.276 e. The molecule has 0 aromatic rings. The molecule has 0 saturated carbocycles. The van der Waals surface area contributed by atoms with Crippen molar-refractivity contribution >= 4 is 10.2 Å². The van der Waals surface area contributed by atoms with E-state index in [1.807, 2.05) is 6.92 Å². The van der Waals surface area contributed by atoms with Crippen molar-refractivity contribution in [2.45, 2.75) is 25.9 Å². The lowest BCUT2D eigenvalue weighted by Gasteiger charge is -2.29. The van der Waals surface area contributed by atoms with Gasteiger partial charge < -0.3 is 4.74 Å². The third kappa shape index (κ3) is 3.22. The normalized spacial score (nSPS) is 22.0. The molecule has 1 heterocycles. The topological polar surface area (TPSA) is 72.6 Å². The van der Waals surface area contributed by atoms with Crippen molar-refractivity contribution in [2.24, 2.45) is 5.14 Å². The average Bonchev–Trinajstić information content (AvgIpc) is 2.04. The molecule has 0 bridgehead atoms. The van der Waals surface area contributed by atoms with Gasteiger partial charge in [0.25, 0.3) is 10.2 Å². The molecule has 13 heavy (non-hydrogen) atoms. The van der Waals surface area contributed by atoms with Gasteiger partial charge in [-0.2, -0.15) is 12.7 Å². The van der Waals surface area contributed by atoms with Gasteiger partial charge in [0.1, 0.15) is 0 Å². The van der Waals surface area contributed by atoms with E-state index >= 15 is 0 Å². The highest BCUT2D eigenvalue weighted by Gasteiger charge is 2.25. The van der Waals surface area contributed by atoms with Crippen LogP contribution >= 0.6 is 0 Å². The van der Waals surface area contributed by atoms with E-state index in [1.165, 1.54) is 4.31 Å². The Morgan fingerprint density at radius 1 is 1.46 bits per heavy atom. The fourth-order valence-electron chi connectivity index (χ4n) is 1.49. The Labute approximate surface area is 79.0 Å². The van der Waals surface area contributed by atoms with Crippen LogP contribution in [0.15, 0.2) is 0 Å². The third-order valence-electron chi connectivity index (χ3n) is 2.16. The summed E-state index contributed by atoms with van der Waals surface area (Å²) in [6, 6.07) is 0. The Balaban J connectivity index is 2.39. The molecule has 0 aromatic heterocycles. The second kappa shape index (κ2) is 4.36. The first-order valence-electron chi connectivity index (χ1n) is 4.43. The zero-order valence-corrected chi connectivity index (χ0v) is 8.59. The molecule has 0 amide bonds. The first-order chi connectivity index (χ1) is 6.04. The van der Waals surface area contributed by atoms with Gasteiger partial charge in [0, 0.05) is 19.7 Å². The zero-order chi connectivity index (χ0) is 9.90. The van der Waals surface area contributed by atoms with Gasteiger partial charge in [-0.1, -0.05) is 0 Å². The van der Waals surface area contributed by atoms with Crippen molar-refractivity contribution in [3.63, 3.8) is 0 Å². The van der Waals surface area contributed by atoms with E-state index in [-0.39, 0.29) is 6.10 Å². The van der Waals surface area contributed by atoms with Crippen LogP contribution in [0.2, 0.25) is 0 Å². The molecule has 0 atom stereocenters. The van der Waals surface area contributed by atoms with Crippen molar-refractivity contribution < 1.29 is 13.2 Å². The van der Waals surface area contributed by atoms with Crippen molar-refractivity contribution in [1.82, 2.24) is 4.31 Å². The van der Waals surface area contributed by atoms with Crippen molar-refractivity contribution in [2.75, 3.05) is 19.7 Å². The lowest BCUT2D eigenvalue weighted by molar-refractivity contribution is 0.0290. The summed E-state index contributed by atoms with van der Waals surface area (Å²) in [7, 11) is -3.49. The number of piperidine rings is 1. The highest BCUT2D eigenvalue weighted by molar-refractivity contribution is 7.86. The van der Waals surface area contributed by atoms with Gasteiger partial charge in [-0.15, -0.1) is 0 Å². The summed E-state index contributed by atoms with van der Waals surface area (Å²) < 4.78 is 28.5. The van der Waals surface area contributed by atoms with Crippen molar-refractivity contribution in [3.05, 3.63) is 0 Å². The van der Waals surface area contributed by atoms with E-state index in [1.54, 1.807) is 0 Å². The number of nitrogens with two attached hydrogens (primary N) is 1. The minimum atomic E-state index is -3.49. The molecule has 0 unspecified atom stereocenters. The predicted octanol–water partition coefficient (Wildman–Crippen LogP) is -0.309. The van der Waals surface area contributed by atoms with E-state index in [9.17, 15) is 8.42 Å². The maximum absolute atomic E-state index is 10.9. The van der Waals surface area contributed by atoms with E-state index < -0.39 is 10.2 Å². The fourth-order valence-corrected chi connectivity index (χ4v) is 2.21. The van der Waals surface area contributed by atoms with Crippen molar-refractivity contribution in [3.8, 4) is 0 Å². The number of hydrogen-bond donors (Lipinski definition) is 1. The largest absolute Gasteiger partial charge is 0.378 e. The molecule has 0 aromatic carbocycles. The Kier molecular flexibility index (Phi) is 3.66. The molecule has 2 N–H and O–H groups in total. The third-order valence-corrected chi connectivity index (χ3v) is 3.25. The Hall–Kier alpha value is -0.170. The standard InChI is InChI=1S/C7H16N2O3S/c1-2-12-7-3-5-9(6-4-7)13(8,10)11/h7H,2-6H2,1H3,(H2,8,10,11). The molecule has 78 valence electrons. The van der Waals surface area contributed by atoms with Gasteiger partial charge in [-0.3, -0.25) is 0 Å². The van der Waals surface area contributed by atoms with Gasteiger partial charge in [0.2, 0.25) is 0 Å². The molecule has 6 heteroatoms. The summed E-state index contributed by atoms with van der Waals surface area (Å²) in [5.41, 5.74) is 0. The van der Waals surface area contributed by atoms with Crippen LogP contribution in [0.3, 0.4) is 0 Å². The molecule has 0 spiro atoms. The molecule has 1 rings (SSSR count). The van der Waals surface area contributed by atoms with E-state index in [0.717, 1.165) is 12.8 Å². The Morgan fingerprint density at radius 2 is 2.00 bits per heavy atom. The zero-order valence-electron chi connectivity index (χ0n) is 7.77. The number of nitrogens with zero attached hydrogens (tertiary/aromatic N) is 1. The first kappa shape index (κ1) is 10.9. The lowest BCUT2D eigenvalue weighted by Crippen LogP contribution is -2.44. The van der Waals surface area contributed by atoms with Crippen LogP contribution in [0, 0.1) is 0 Å². The minimum absolute atomic E-state index is 0.197. The maximum atomic E-state index is 10.9. The highest BCUT2D eigenvalue weighted by atomic mass is 32.2. The van der Waals surface area contributed by atoms with Crippen LogP contribution in [-0.2, 0) is 14.9 Å². The van der Waals surface area contributed by atoms with Crippen LogP contribution in [0.25, 0.3) is 0 Å². The summed E-state index contributed by atoms with van der Waals surface area (Å²) in [4.78, 5) is 0. The quantitative estimate of drug-likeness (QED) is 0.691. The van der Waals surface area contributed by atoms with Crippen LogP contribution in [-0.4, -0.2) is 38.5 Å². The van der Waals surface area contributed by atoms with Gasteiger partial charge >= 0.3 is 0 Å². The second-order valence-electron chi connectivity index (χ2n) is 3.10. The molecule has 0 aliphatic carbocycles. The fraction of sp³-hybridized carbons (Fsp3) is 1.00. The predicted molar refractivity (Wildman–Crippen MR) is 49.3 cm³/mol. The van der Waals surface area contributed by atoms with E-state index in [4.69, 9.17) is 9.88 Å². The van der Waals surface area contributed by atoms with Gasteiger partial charge in [-0.05, 0) is 19.8 Å². The SMILES string of the molecule is CCOC1CCN(S(N)(=O)=O)CC1. The molecule has 1 saturated heterocycles. The Bertz CT molecular complexity index is 244. The number of hydrogen-bond acceptors (Lipinski definition) is 3. The molecule has 1 aliphatic rings.